The molecule has 2 aliphatic heterocycles. The van der Waals surface area contributed by atoms with E-state index in [4.69, 9.17) is 9.72 Å². The lowest BCUT2D eigenvalue weighted by atomic mass is 9.85. The summed E-state index contributed by atoms with van der Waals surface area (Å²) in [4.78, 5) is 79.7. The Kier molecular flexibility index (Phi) is 17.8. The van der Waals surface area contributed by atoms with Gasteiger partial charge in [-0.05, 0) is 86.6 Å². The van der Waals surface area contributed by atoms with E-state index in [0.29, 0.717) is 48.1 Å². The fourth-order valence-electron chi connectivity index (χ4n) is 9.58. The summed E-state index contributed by atoms with van der Waals surface area (Å²) < 4.78 is 9.13. The van der Waals surface area contributed by atoms with Crippen molar-refractivity contribution in [3.8, 4) is 16.3 Å². The Labute approximate surface area is 448 Å². The summed E-state index contributed by atoms with van der Waals surface area (Å²) in [6, 6.07) is 19.6. The highest BCUT2D eigenvalue weighted by Crippen LogP contribution is 2.30. The first-order valence-electron chi connectivity index (χ1n) is 26.1. The Morgan fingerprint density at radius 3 is 2.37 bits per heavy atom. The summed E-state index contributed by atoms with van der Waals surface area (Å²) in [7, 11) is 0. The van der Waals surface area contributed by atoms with Gasteiger partial charge in [-0.3, -0.25) is 24.1 Å². The van der Waals surface area contributed by atoms with Crippen LogP contribution < -0.4 is 26.4 Å². The van der Waals surface area contributed by atoms with Crippen LogP contribution in [-0.2, 0) is 37.8 Å². The van der Waals surface area contributed by atoms with Crippen molar-refractivity contribution in [2.75, 3.05) is 62.7 Å². The van der Waals surface area contributed by atoms with E-state index in [2.05, 4.69) is 59.4 Å². The zero-order valence-corrected chi connectivity index (χ0v) is 45.3. The van der Waals surface area contributed by atoms with Gasteiger partial charge in [0.15, 0.2) is 11.5 Å². The molecule has 76 heavy (non-hydrogen) atoms. The van der Waals surface area contributed by atoms with Crippen LogP contribution in [0.4, 0.5) is 17.3 Å². The van der Waals surface area contributed by atoms with E-state index < -0.39 is 29.2 Å². The Bertz CT molecular complexity index is 3020. The number of carbonyl (C=O) groups excluding carboxylic acids is 3. The molecular formula is C56H72N12O7S. The Balaban J connectivity index is 0.726. The molecule has 2 aromatic carbocycles. The first-order chi connectivity index (χ1) is 36.4. The monoisotopic (exact) mass is 1060 g/mol. The SMILES string of the molecule is C=CCn1c(=O)c2cnc(Nc3ccc(N4CCN(CCOCCCCCC(=O)N[C@H](C(=O)N5C[C@H](O)C[C@H]5C(=O)NCc5ccc(-c6scnc6C)cc5)C(C)(C)C)CC4)cc3)nc2n1-c1cccc(C(C)(C)O)n1. The third kappa shape index (κ3) is 13.6. The molecule has 0 spiro atoms. The van der Waals surface area contributed by atoms with Gasteiger partial charge in [-0.25, -0.2) is 24.3 Å². The minimum atomic E-state index is -1.18. The third-order valence-electron chi connectivity index (χ3n) is 13.9. The number of unbranched alkanes of at least 4 members (excludes halogenated alkanes) is 2. The summed E-state index contributed by atoms with van der Waals surface area (Å²) in [6.07, 6.45) is 4.95. The number of allylic oxidation sites excluding steroid dienone is 1. The molecule has 0 bridgehead atoms. The zero-order valence-electron chi connectivity index (χ0n) is 44.5. The molecule has 20 heteroatoms. The van der Waals surface area contributed by atoms with Crippen molar-refractivity contribution in [1.82, 2.24) is 49.7 Å². The molecule has 3 amide bonds. The second kappa shape index (κ2) is 24.4. The van der Waals surface area contributed by atoms with Gasteiger partial charge >= 0.3 is 0 Å². The zero-order chi connectivity index (χ0) is 54.1. The van der Waals surface area contributed by atoms with Crippen molar-refractivity contribution >= 4 is 57.4 Å². The second-order valence-corrected chi connectivity index (χ2v) is 22.1. The molecule has 5 N–H and O–H groups in total. The highest BCUT2D eigenvalue weighted by atomic mass is 32.1. The van der Waals surface area contributed by atoms with Crippen molar-refractivity contribution in [3.05, 3.63) is 118 Å². The number of amides is 3. The van der Waals surface area contributed by atoms with Crippen LogP contribution >= 0.6 is 11.3 Å². The quantitative estimate of drug-likeness (QED) is 0.0384. The van der Waals surface area contributed by atoms with E-state index in [-0.39, 0.29) is 55.8 Å². The van der Waals surface area contributed by atoms with E-state index in [9.17, 15) is 29.4 Å². The van der Waals surface area contributed by atoms with Crippen LogP contribution in [0.15, 0.2) is 95.9 Å². The molecule has 3 atom stereocenters. The lowest BCUT2D eigenvalue weighted by molar-refractivity contribution is -0.144. The van der Waals surface area contributed by atoms with Crippen LogP contribution in [0.3, 0.4) is 0 Å². The highest BCUT2D eigenvalue weighted by Gasteiger charge is 2.44. The number of thiazole rings is 1. The number of hydrogen-bond acceptors (Lipinski definition) is 15. The van der Waals surface area contributed by atoms with Gasteiger partial charge in [0.05, 0.1) is 41.0 Å². The molecule has 404 valence electrons. The van der Waals surface area contributed by atoms with Crippen LogP contribution in [0, 0.1) is 12.3 Å². The average Bonchev–Trinajstić information content (AvgIpc) is 4.18. The molecule has 6 aromatic rings. The predicted molar refractivity (Wildman–Crippen MR) is 296 cm³/mol. The van der Waals surface area contributed by atoms with Crippen LogP contribution in [0.5, 0.6) is 0 Å². The summed E-state index contributed by atoms with van der Waals surface area (Å²) in [6.45, 7) is 20.9. The van der Waals surface area contributed by atoms with Crippen molar-refractivity contribution in [2.24, 2.45) is 5.41 Å². The number of pyridine rings is 1. The molecule has 0 saturated carbocycles. The Morgan fingerprint density at radius 1 is 0.934 bits per heavy atom. The Morgan fingerprint density at radius 2 is 1.68 bits per heavy atom. The smallest absolute Gasteiger partial charge is 0.278 e. The molecule has 0 radical (unpaired) electrons. The molecule has 6 heterocycles. The number of nitrogens with zero attached hydrogens (tertiary/aromatic N) is 9. The lowest BCUT2D eigenvalue weighted by Gasteiger charge is -2.36. The van der Waals surface area contributed by atoms with E-state index in [1.807, 2.05) is 69.6 Å². The summed E-state index contributed by atoms with van der Waals surface area (Å²) in [5, 5.41) is 30.8. The molecule has 8 rings (SSSR count). The number of nitrogens with one attached hydrogen (secondary N) is 3. The van der Waals surface area contributed by atoms with Gasteiger partial charge in [-0.15, -0.1) is 17.9 Å². The van der Waals surface area contributed by atoms with Crippen molar-refractivity contribution in [1.29, 1.82) is 0 Å². The molecule has 4 aromatic heterocycles. The minimum Gasteiger partial charge on any atom is -0.391 e. The number of piperazine rings is 1. The van der Waals surface area contributed by atoms with Gasteiger partial charge in [-0.1, -0.05) is 63.6 Å². The number of aliphatic hydroxyl groups is 2. The molecule has 2 fully saturated rings. The van der Waals surface area contributed by atoms with Crippen molar-refractivity contribution < 1.29 is 29.3 Å². The highest BCUT2D eigenvalue weighted by molar-refractivity contribution is 7.13. The lowest BCUT2D eigenvalue weighted by Crippen LogP contribution is -2.57. The van der Waals surface area contributed by atoms with Crippen molar-refractivity contribution in [2.45, 2.75) is 111 Å². The largest absolute Gasteiger partial charge is 0.391 e. The number of anilines is 3. The number of aliphatic hydroxyl groups excluding tert-OH is 1. The number of rotatable bonds is 22. The fraction of sp³-hybridized carbons (Fsp3) is 0.464. The second-order valence-electron chi connectivity index (χ2n) is 21.2. The predicted octanol–water partition coefficient (Wildman–Crippen LogP) is 6.07. The summed E-state index contributed by atoms with van der Waals surface area (Å²) >= 11 is 1.58. The molecule has 0 aliphatic carbocycles. The normalized spacial score (nSPS) is 16.7. The van der Waals surface area contributed by atoms with Gasteiger partial charge in [0, 0.05) is 82.8 Å². The molecular weight excluding hydrogens is 985 g/mol. The van der Waals surface area contributed by atoms with Gasteiger partial charge in [0.1, 0.15) is 23.1 Å². The number of aromatic nitrogens is 6. The van der Waals surface area contributed by atoms with Crippen LogP contribution in [0.1, 0.15) is 83.7 Å². The van der Waals surface area contributed by atoms with Crippen LogP contribution in [-0.4, -0.2) is 138 Å². The van der Waals surface area contributed by atoms with Gasteiger partial charge in [0.2, 0.25) is 23.7 Å². The number of aryl methyl sites for hydroxylation is 1. The van der Waals surface area contributed by atoms with Crippen molar-refractivity contribution in [3.63, 3.8) is 0 Å². The molecule has 2 saturated heterocycles. The van der Waals surface area contributed by atoms with Crippen LogP contribution in [0.2, 0.25) is 0 Å². The maximum Gasteiger partial charge on any atom is 0.278 e. The number of benzene rings is 2. The van der Waals surface area contributed by atoms with E-state index >= 15 is 0 Å². The van der Waals surface area contributed by atoms with E-state index in [1.165, 1.54) is 15.8 Å². The number of hydrogen-bond donors (Lipinski definition) is 5. The van der Waals surface area contributed by atoms with Gasteiger partial charge < -0.3 is 40.7 Å². The van der Waals surface area contributed by atoms with E-state index in [1.54, 1.807) is 54.1 Å². The molecule has 19 nitrogen and oxygen atoms in total. The summed E-state index contributed by atoms with van der Waals surface area (Å²) in [5.41, 5.74) is 5.40. The standard InChI is InChI=1S/C56H72N12O7S/c1-8-24-67-52(72)43-34-58-54(63-50(43)68(67)46-14-12-13-45(61-46)56(6,7)74)60-40-20-22-41(23-21-40)65-27-25-64(26-28-65)29-31-75-30-11-9-10-15-47(70)62-49(55(3,4)5)53(73)66-35-42(69)32-44(66)51(71)57-33-38-16-18-39(19-17-38)48-37(2)59-36-76-48/h8,12-14,16-23,34,36,42,44,49,69,74H,1,9-11,15,24-33,35H2,2-7H3,(H,57,71)(H,62,70)(H,58,60,63)/t42-,44+,49-/m1/s1. The molecule has 2 aliphatic rings. The third-order valence-corrected chi connectivity index (χ3v) is 14.9. The number of likely N-dealkylation sites (tertiary alicyclic amines) is 1. The van der Waals surface area contributed by atoms with Gasteiger partial charge in [0.25, 0.3) is 5.56 Å². The van der Waals surface area contributed by atoms with E-state index in [0.717, 1.165) is 78.6 Å². The molecule has 0 unspecified atom stereocenters. The minimum absolute atomic E-state index is 0.0211. The Hall–Kier alpha value is -6.84. The number of ether oxygens (including phenoxy) is 1. The van der Waals surface area contributed by atoms with Gasteiger partial charge in [-0.2, -0.15) is 4.98 Å². The first kappa shape index (κ1) is 55.4. The summed E-state index contributed by atoms with van der Waals surface area (Å²) in [5.74, 6) is -0.188. The first-order valence-corrected chi connectivity index (χ1v) is 27.0. The maximum atomic E-state index is 14.1. The number of β-amino-alcohol motifs (C(OH)–C–C–N with tert-alkyl or cyclic N) is 1. The van der Waals surface area contributed by atoms with Crippen LogP contribution in [0.25, 0.3) is 27.3 Å². The number of fused-ring (bicyclic) bond motifs is 1. The maximum absolute atomic E-state index is 14.1. The fourth-order valence-corrected chi connectivity index (χ4v) is 10.4. The topological polar surface area (TPSA) is 225 Å². The number of carbonyl (C=O) groups is 3. The average molecular weight is 1060 g/mol.